The van der Waals surface area contributed by atoms with Crippen molar-refractivity contribution in [2.45, 2.75) is 31.6 Å². The quantitative estimate of drug-likeness (QED) is 0.508. The summed E-state index contributed by atoms with van der Waals surface area (Å²) in [6.45, 7) is 4.43. The standard InChI is InChI=1S/C5H14P2/c1-4(6)3-5(2)7/h4-5H,3,6-7H2,1-2H3/t4-,5?/m0/s1. The summed E-state index contributed by atoms with van der Waals surface area (Å²) in [5.41, 5.74) is 1.54. The Bertz CT molecular complexity index is 35.3. The Morgan fingerprint density at radius 1 is 1.14 bits per heavy atom. The lowest BCUT2D eigenvalue weighted by molar-refractivity contribution is 0.804. The summed E-state index contributed by atoms with van der Waals surface area (Å²) in [7, 11) is 5.58. The van der Waals surface area contributed by atoms with Crippen LogP contribution in [0.15, 0.2) is 0 Å². The second kappa shape index (κ2) is 3.81. The van der Waals surface area contributed by atoms with Crippen LogP contribution in [0.1, 0.15) is 20.3 Å². The molecule has 0 aromatic carbocycles. The van der Waals surface area contributed by atoms with Gasteiger partial charge in [0.05, 0.1) is 0 Å². The van der Waals surface area contributed by atoms with E-state index in [4.69, 9.17) is 0 Å². The molecule has 0 aliphatic heterocycles. The molecule has 4 atom stereocenters. The van der Waals surface area contributed by atoms with E-state index in [9.17, 15) is 0 Å². The predicted molar refractivity (Wildman–Crippen MR) is 43.0 cm³/mol. The predicted octanol–water partition coefficient (Wildman–Crippen LogP) is 1.90. The van der Waals surface area contributed by atoms with E-state index in [0.29, 0.717) is 0 Å². The van der Waals surface area contributed by atoms with E-state index in [1.165, 1.54) is 6.42 Å². The molecule has 0 aromatic rings. The molecule has 0 nitrogen and oxygen atoms in total. The van der Waals surface area contributed by atoms with Gasteiger partial charge in [-0.15, -0.1) is 18.5 Å². The second-order valence-electron chi connectivity index (χ2n) is 2.19. The van der Waals surface area contributed by atoms with Crippen LogP contribution in [0, 0.1) is 0 Å². The SMILES string of the molecule is CC(P)C[C@H](C)P. The van der Waals surface area contributed by atoms with Crippen LogP contribution >= 0.6 is 18.5 Å². The Morgan fingerprint density at radius 2 is 1.43 bits per heavy atom. The maximum absolute atomic E-state index is 2.79. The van der Waals surface area contributed by atoms with Crippen LogP contribution in [0.3, 0.4) is 0 Å². The van der Waals surface area contributed by atoms with Gasteiger partial charge in [-0.1, -0.05) is 13.8 Å². The minimum Gasteiger partial charge on any atom is -0.135 e. The van der Waals surface area contributed by atoms with Gasteiger partial charge >= 0.3 is 0 Å². The van der Waals surface area contributed by atoms with E-state index < -0.39 is 0 Å². The first-order valence-electron chi connectivity index (χ1n) is 2.64. The van der Waals surface area contributed by atoms with Crippen molar-refractivity contribution in [3.05, 3.63) is 0 Å². The van der Waals surface area contributed by atoms with Crippen molar-refractivity contribution in [2.24, 2.45) is 0 Å². The fourth-order valence-electron chi connectivity index (χ4n) is 0.586. The molecule has 0 saturated carbocycles. The molecule has 0 aromatic heterocycles. The zero-order valence-electron chi connectivity index (χ0n) is 5.02. The highest BCUT2D eigenvalue weighted by Crippen LogP contribution is 2.12. The van der Waals surface area contributed by atoms with E-state index in [2.05, 4.69) is 32.3 Å². The molecule has 0 aliphatic carbocycles. The van der Waals surface area contributed by atoms with Crippen molar-refractivity contribution in [3.63, 3.8) is 0 Å². The van der Waals surface area contributed by atoms with Gasteiger partial charge in [-0.25, -0.2) is 0 Å². The van der Waals surface area contributed by atoms with Gasteiger partial charge in [0, 0.05) is 0 Å². The molecule has 3 unspecified atom stereocenters. The van der Waals surface area contributed by atoms with Crippen molar-refractivity contribution < 1.29 is 0 Å². The van der Waals surface area contributed by atoms with Gasteiger partial charge in [0.25, 0.3) is 0 Å². The molecule has 0 saturated heterocycles. The van der Waals surface area contributed by atoms with E-state index in [-0.39, 0.29) is 0 Å². The molecule has 0 fully saturated rings. The van der Waals surface area contributed by atoms with Crippen molar-refractivity contribution in [2.75, 3.05) is 0 Å². The largest absolute Gasteiger partial charge is 0.135 e. The molecular weight excluding hydrogens is 122 g/mol. The number of hydrogen-bond acceptors (Lipinski definition) is 0. The Labute approximate surface area is 50.9 Å². The third-order valence-corrected chi connectivity index (χ3v) is 1.29. The van der Waals surface area contributed by atoms with Crippen molar-refractivity contribution >= 4 is 18.5 Å². The third kappa shape index (κ3) is 6.86. The molecule has 44 valence electrons. The van der Waals surface area contributed by atoms with E-state index in [1.807, 2.05) is 0 Å². The summed E-state index contributed by atoms with van der Waals surface area (Å²) in [5.74, 6) is 0. The highest BCUT2D eigenvalue weighted by Gasteiger charge is 1.95. The minimum atomic E-state index is 0.771. The summed E-state index contributed by atoms with van der Waals surface area (Å²) in [4.78, 5) is 0. The maximum atomic E-state index is 2.79. The molecular formula is C5H14P2. The number of hydrogen-bond donors (Lipinski definition) is 0. The molecule has 0 rings (SSSR count). The normalized spacial score (nSPS) is 18.9. The molecule has 7 heavy (non-hydrogen) atoms. The third-order valence-electron chi connectivity index (χ3n) is 0.744. The first kappa shape index (κ1) is 7.86. The highest BCUT2D eigenvalue weighted by atomic mass is 31.0. The number of rotatable bonds is 2. The van der Waals surface area contributed by atoms with Gasteiger partial charge in [0.1, 0.15) is 0 Å². The first-order chi connectivity index (χ1) is 3.13. The monoisotopic (exact) mass is 136 g/mol. The lowest BCUT2D eigenvalue weighted by atomic mass is 10.3. The van der Waals surface area contributed by atoms with Crippen molar-refractivity contribution in [1.29, 1.82) is 0 Å². The summed E-state index contributed by atoms with van der Waals surface area (Å²) < 4.78 is 0. The average molecular weight is 136 g/mol. The van der Waals surface area contributed by atoms with Crippen LogP contribution in [0.5, 0.6) is 0 Å². The molecule has 0 N–H and O–H groups in total. The average Bonchev–Trinajstić information content (AvgIpc) is 1.27. The highest BCUT2D eigenvalue weighted by molar-refractivity contribution is 7.18. The van der Waals surface area contributed by atoms with Gasteiger partial charge in [0.2, 0.25) is 0 Å². The molecule has 0 aliphatic rings. The molecule has 0 spiro atoms. The van der Waals surface area contributed by atoms with E-state index in [1.54, 1.807) is 0 Å². The summed E-state index contributed by atoms with van der Waals surface area (Å²) >= 11 is 0. The minimum absolute atomic E-state index is 0.771. The molecule has 0 bridgehead atoms. The van der Waals surface area contributed by atoms with E-state index >= 15 is 0 Å². The Morgan fingerprint density at radius 3 is 1.43 bits per heavy atom. The van der Waals surface area contributed by atoms with Gasteiger partial charge in [-0.05, 0) is 17.7 Å². The van der Waals surface area contributed by atoms with Crippen LogP contribution in [-0.2, 0) is 0 Å². The van der Waals surface area contributed by atoms with Crippen molar-refractivity contribution in [3.8, 4) is 0 Å². The van der Waals surface area contributed by atoms with Gasteiger partial charge in [0.15, 0.2) is 0 Å². The van der Waals surface area contributed by atoms with Crippen molar-refractivity contribution in [1.82, 2.24) is 0 Å². The van der Waals surface area contributed by atoms with Gasteiger partial charge < -0.3 is 0 Å². The lowest BCUT2D eigenvalue weighted by Gasteiger charge is -2.05. The van der Waals surface area contributed by atoms with Crippen LogP contribution in [-0.4, -0.2) is 11.3 Å². The molecule has 0 radical (unpaired) electrons. The first-order valence-corrected chi connectivity index (χ1v) is 3.97. The zero-order chi connectivity index (χ0) is 5.86. The van der Waals surface area contributed by atoms with Gasteiger partial charge in [-0.3, -0.25) is 0 Å². The van der Waals surface area contributed by atoms with Crippen LogP contribution in [0.4, 0.5) is 0 Å². The molecule has 0 heterocycles. The zero-order valence-corrected chi connectivity index (χ0v) is 7.33. The molecule has 0 amide bonds. The smallest absolute Gasteiger partial charge is 0.0287 e. The fourth-order valence-corrected chi connectivity index (χ4v) is 1.76. The van der Waals surface area contributed by atoms with Gasteiger partial charge in [-0.2, -0.15) is 0 Å². The maximum Gasteiger partial charge on any atom is -0.0287 e. The Kier molecular flexibility index (Phi) is 4.28. The summed E-state index contributed by atoms with van der Waals surface area (Å²) in [5, 5.41) is 0. The van der Waals surface area contributed by atoms with Crippen LogP contribution in [0.25, 0.3) is 0 Å². The van der Waals surface area contributed by atoms with Crippen LogP contribution in [0.2, 0.25) is 0 Å². The molecule has 2 heteroatoms. The Balaban J connectivity index is 2.95. The summed E-state index contributed by atoms with van der Waals surface area (Å²) in [6.07, 6.45) is 1.29. The van der Waals surface area contributed by atoms with Crippen LogP contribution < -0.4 is 0 Å². The van der Waals surface area contributed by atoms with E-state index in [0.717, 1.165) is 11.3 Å². The Hall–Kier alpha value is 0.860. The lowest BCUT2D eigenvalue weighted by Crippen LogP contribution is -1.97. The second-order valence-corrected chi connectivity index (χ2v) is 4.47. The fraction of sp³-hybridized carbons (Fsp3) is 1.00. The topological polar surface area (TPSA) is 0 Å². The summed E-state index contributed by atoms with van der Waals surface area (Å²) in [6, 6.07) is 0.